The number of nitrogens with one attached hydrogen (secondary N) is 1. The number of ether oxygens (including phenoxy) is 1. The van der Waals surface area contributed by atoms with E-state index in [1.54, 1.807) is 4.90 Å². The van der Waals surface area contributed by atoms with E-state index in [0.717, 1.165) is 17.7 Å². The number of urea groups is 1. The summed E-state index contributed by atoms with van der Waals surface area (Å²) in [4.78, 5) is 13.9. The Morgan fingerprint density at radius 3 is 2.60 bits per heavy atom. The fourth-order valence-electron chi connectivity index (χ4n) is 2.46. The smallest absolute Gasteiger partial charge is 0.321 e. The second-order valence-electron chi connectivity index (χ2n) is 5.38. The maximum absolute atomic E-state index is 12.2. The van der Waals surface area contributed by atoms with Crippen LogP contribution in [-0.2, 0) is 4.74 Å². The van der Waals surface area contributed by atoms with Crippen molar-refractivity contribution in [1.29, 1.82) is 0 Å². The SMILES string of the molecule is CC(N)c1ccc(NC(=O)N(C)C2CCOC2C)cc1. The topological polar surface area (TPSA) is 67.6 Å². The van der Waals surface area contributed by atoms with E-state index in [4.69, 9.17) is 10.5 Å². The van der Waals surface area contributed by atoms with Crippen molar-refractivity contribution in [2.75, 3.05) is 19.0 Å². The summed E-state index contributed by atoms with van der Waals surface area (Å²) in [5, 5.41) is 2.90. The van der Waals surface area contributed by atoms with Gasteiger partial charge in [-0.25, -0.2) is 4.79 Å². The number of anilines is 1. The van der Waals surface area contributed by atoms with Crippen molar-refractivity contribution in [3.63, 3.8) is 0 Å². The highest BCUT2D eigenvalue weighted by atomic mass is 16.5. The van der Waals surface area contributed by atoms with Gasteiger partial charge in [0.1, 0.15) is 0 Å². The largest absolute Gasteiger partial charge is 0.376 e. The highest BCUT2D eigenvalue weighted by Crippen LogP contribution is 2.20. The van der Waals surface area contributed by atoms with Crippen LogP contribution in [0.3, 0.4) is 0 Å². The summed E-state index contributed by atoms with van der Waals surface area (Å²) >= 11 is 0. The minimum atomic E-state index is -0.110. The van der Waals surface area contributed by atoms with Crippen LogP contribution in [0, 0.1) is 0 Å². The maximum atomic E-state index is 12.2. The number of amides is 2. The van der Waals surface area contributed by atoms with Gasteiger partial charge in [0.15, 0.2) is 0 Å². The minimum absolute atomic E-state index is 0.00101. The van der Waals surface area contributed by atoms with Crippen LogP contribution in [0.1, 0.15) is 31.9 Å². The molecule has 5 heteroatoms. The summed E-state index contributed by atoms with van der Waals surface area (Å²) in [6, 6.07) is 7.64. The summed E-state index contributed by atoms with van der Waals surface area (Å²) in [5.74, 6) is 0. The number of nitrogens with two attached hydrogens (primary N) is 1. The van der Waals surface area contributed by atoms with Crippen molar-refractivity contribution in [3.05, 3.63) is 29.8 Å². The van der Waals surface area contributed by atoms with Crippen molar-refractivity contribution >= 4 is 11.7 Å². The lowest BCUT2D eigenvalue weighted by Gasteiger charge is -2.27. The number of carbonyl (C=O) groups is 1. The number of benzene rings is 1. The molecule has 1 fully saturated rings. The van der Waals surface area contributed by atoms with E-state index in [2.05, 4.69) is 5.32 Å². The predicted molar refractivity (Wildman–Crippen MR) is 79.6 cm³/mol. The van der Waals surface area contributed by atoms with Crippen molar-refractivity contribution < 1.29 is 9.53 Å². The van der Waals surface area contributed by atoms with E-state index in [1.807, 2.05) is 45.2 Å². The average Bonchev–Trinajstić information content (AvgIpc) is 2.84. The number of rotatable bonds is 3. The first-order valence-corrected chi connectivity index (χ1v) is 7.00. The Morgan fingerprint density at radius 1 is 1.45 bits per heavy atom. The van der Waals surface area contributed by atoms with E-state index in [9.17, 15) is 4.79 Å². The Bertz CT molecular complexity index is 459. The molecule has 1 aliphatic heterocycles. The van der Waals surface area contributed by atoms with Gasteiger partial charge in [0.2, 0.25) is 0 Å². The number of nitrogens with zero attached hydrogens (tertiary/aromatic N) is 1. The lowest BCUT2D eigenvalue weighted by molar-refractivity contribution is 0.0929. The Kier molecular flexibility index (Phi) is 4.62. The molecule has 5 nitrogen and oxygen atoms in total. The molecule has 0 spiro atoms. The second kappa shape index (κ2) is 6.24. The molecule has 0 aromatic heterocycles. The van der Waals surface area contributed by atoms with Crippen molar-refractivity contribution in [2.45, 2.75) is 38.5 Å². The molecular weight excluding hydrogens is 254 g/mol. The molecule has 1 aromatic carbocycles. The molecule has 0 bridgehead atoms. The van der Waals surface area contributed by atoms with Crippen LogP contribution in [-0.4, -0.2) is 36.7 Å². The van der Waals surface area contributed by atoms with Crippen molar-refractivity contribution in [1.82, 2.24) is 4.90 Å². The average molecular weight is 277 g/mol. The Labute approximate surface area is 120 Å². The lowest BCUT2D eigenvalue weighted by Crippen LogP contribution is -2.43. The van der Waals surface area contributed by atoms with Gasteiger partial charge in [0, 0.05) is 25.4 Å². The van der Waals surface area contributed by atoms with E-state index in [-0.39, 0.29) is 24.2 Å². The van der Waals surface area contributed by atoms with E-state index >= 15 is 0 Å². The van der Waals surface area contributed by atoms with Gasteiger partial charge in [-0.1, -0.05) is 12.1 Å². The van der Waals surface area contributed by atoms with Gasteiger partial charge in [-0.3, -0.25) is 0 Å². The molecule has 1 aliphatic rings. The first kappa shape index (κ1) is 14.8. The van der Waals surface area contributed by atoms with Gasteiger partial charge < -0.3 is 20.7 Å². The number of carbonyl (C=O) groups excluding carboxylic acids is 1. The predicted octanol–water partition coefficient (Wildman–Crippen LogP) is 2.35. The highest BCUT2D eigenvalue weighted by Gasteiger charge is 2.30. The number of hydrogen-bond donors (Lipinski definition) is 2. The van der Waals surface area contributed by atoms with Gasteiger partial charge in [-0.05, 0) is 38.0 Å². The molecule has 1 saturated heterocycles. The molecule has 20 heavy (non-hydrogen) atoms. The first-order chi connectivity index (χ1) is 9.49. The zero-order valence-electron chi connectivity index (χ0n) is 12.3. The Hall–Kier alpha value is -1.59. The molecular formula is C15H23N3O2. The third-order valence-corrected chi connectivity index (χ3v) is 3.84. The van der Waals surface area contributed by atoms with Gasteiger partial charge >= 0.3 is 6.03 Å². The minimum Gasteiger partial charge on any atom is -0.376 e. The highest BCUT2D eigenvalue weighted by molar-refractivity contribution is 5.89. The van der Waals surface area contributed by atoms with Crippen LogP contribution >= 0.6 is 0 Å². The third-order valence-electron chi connectivity index (χ3n) is 3.84. The van der Waals surface area contributed by atoms with Crippen molar-refractivity contribution in [3.8, 4) is 0 Å². The molecule has 1 heterocycles. The standard InChI is InChI=1S/C15H23N3O2/c1-10(16)12-4-6-13(7-5-12)17-15(19)18(3)14-8-9-20-11(14)2/h4-7,10-11,14H,8-9,16H2,1-3H3,(H,17,19). The Morgan fingerprint density at radius 2 is 2.10 bits per heavy atom. The fraction of sp³-hybridized carbons (Fsp3) is 0.533. The molecule has 110 valence electrons. The summed E-state index contributed by atoms with van der Waals surface area (Å²) < 4.78 is 5.49. The normalized spacial score (nSPS) is 23.4. The molecule has 3 atom stereocenters. The summed E-state index contributed by atoms with van der Waals surface area (Å²) in [7, 11) is 1.81. The zero-order chi connectivity index (χ0) is 14.7. The van der Waals surface area contributed by atoms with Gasteiger partial charge in [0.25, 0.3) is 0 Å². The Balaban J connectivity index is 1.96. The first-order valence-electron chi connectivity index (χ1n) is 7.00. The number of likely N-dealkylation sites (N-methyl/N-ethyl adjacent to an activating group) is 1. The van der Waals surface area contributed by atoms with Crippen LogP contribution in [0.5, 0.6) is 0 Å². The zero-order valence-corrected chi connectivity index (χ0v) is 12.3. The van der Waals surface area contributed by atoms with Gasteiger partial charge in [0.05, 0.1) is 12.1 Å². The van der Waals surface area contributed by atoms with Crippen LogP contribution in [0.2, 0.25) is 0 Å². The molecule has 3 N–H and O–H groups in total. The van der Waals surface area contributed by atoms with E-state index in [0.29, 0.717) is 6.61 Å². The van der Waals surface area contributed by atoms with Gasteiger partial charge in [-0.2, -0.15) is 0 Å². The van der Waals surface area contributed by atoms with E-state index < -0.39 is 0 Å². The molecule has 2 rings (SSSR count). The van der Waals surface area contributed by atoms with Gasteiger partial charge in [-0.15, -0.1) is 0 Å². The molecule has 3 unspecified atom stereocenters. The monoisotopic (exact) mass is 277 g/mol. The van der Waals surface area contributed by atoms with Crippen LogP contribution in [0.4, 0.5) is 10.5 Å². The summed E-state index contributed by atoms with van der Waals surface area (Å²) in [6.07, 6.45) is 0.973. The van der Waals surface area contributed by atoms with Crippen molar-refractivity contribution in [2.24, 2.45) is 5.73 Å². The molecule has 1 aromatic rings. The molecule has 0 radical (unpaired) electrons. The summed E-state index contributed by atoms with van der Waals surface area (Å²) in [6.45, 7) is 4.65. The lowest BCUT2D eigenvalue weighted by atomic mass is 10.1. The molecule has 0 saturated carbocycles. The molecule has 0 aliphatic carbocycles. The van der Waals surface area contributed by atoms with Crippen LogP contribution < -0.4 is 11.1 Å². The molecule has 2 amide bonds. The van der Waals surface area contributed by atoms with E-state index in [1.165, 1.54) is 0 Å². The maximum Gasteiger partial charge on any atom is 0.321 e. The second-order valence-corrected chi connectivity index (χ2v) is 5.38. The van der Waals surface area contributed by atoms with Crippen LogP contribution in [0.15, 0.2) is 24.3 Å². The fourth-order valence-corrected chi connectivity index (χ4v) is 2.46. The quantitative estimate of drug-likeness (QED) is 0.891. The third kappa shape index (κ3) is 3.29. The summed E-state index contributed by atoms with van der Waals surface area (Å²) in [5.41, 5.74) is 7.63. The van der Waals surface area contributed by atoms with Crippen LogP contribution in [0.25, 0.3) is 0 Å². The number of hydrogen-bond acceptors (Lipinski definition) is 3.